The molecule has 1 aromatic rings. The molecule has 2 unspecified atom stereocenters. The Morgan fingerprint density at radius 2 is 2.11 bits per heavy atom. The molecule has 0 spiro atoms. The topological polar surface area (TPSA) is 33.1 Å². The number of aryl methyl sites for hydroxylation is 2. The van der Waals surface area contributed by atoms with Crippen LogP contribution in [0.4, 0.5) is 0 Å². The summed E-state index contributed by atoms with van der Waals surface area (Å²) in [6.45, 7) is 8.76. The summed E-state index contributed by atoms with van der Waals surface area (Å²) in [4.78, 5) is 5.83. The van der Waals surface area contributed by atoms with E-state index < -0.39 is 0 Å². The fraction of sp³-hybridized carbons (Fsp3) is 0.800. The van der Waals surface area contributed by atoms with Crippen molar-refractivity contribution in [2.75, 3.05) is 0 Å². The van der Waals surface area contributed by atoms with Crippen LogP contribution in [0.2, 0.25) is 0 Å². The Morgan fingerprint density at radius 3 is 2.67 bits per heavy atom. The minimum absolute atomic E-state index is 0.231. The molecule has 0 radical (unpaired) electrons. The fourth-order valence-electron chi connectivity index (χ4n) is 3.18. The van der Waals surface area contributed by atoms with Gasteiger partial charge in [0.05, 0.1) is 16.8 Å². The molecule has 2 rings (SSSR count). The van der Waals surface area contributed by atoms with Crippen molar-refractivity contribution in [3.05, 3.63) is 15.6 Å². The molecule has 1 aromatic heterocycles. The summed E-state index contributed by atoms with van der Waals surface area (Å²) in [6, 6.07) is 0. The summed E-state index contributed by atoms with van der Waals surface area (Å²) in [7, 11) is 0. The first-order valence-corrected chi connectivity index (χ1v) is 7.83. The number of rotatable bonds is 3. The summed E-state index contributed by atoms with van der Waals surface area (Å²) < 4.78 is 0. The van der Waals surface area contributed by atoms with Crippen molar-refractivity contribution in [3.8, 4) is 0 Å². The maximum atomic E-state index is 10.5. The van der Waals surface area contributed by atoms with E-state index in [4.69, 9.17) is 0 Å². The average molecular weight is 267 g/mol. The highest BCUT2D eigenvalue weighted by molar-refractivity contribution is 7.11. The quantitative estimate of drug-likeness (QED) is 0.901. The number of aliphatic hydroxyl groups is 1. The van der Waals surface area contributed by atoms with Crippen LogP contribution in [0.25, 0.3) is 0 Å². The zero-order chi connectivity index (χ0) is 13.3. The normalized spacial score (nSPS) is 25.1. The van der Waals surface area contributed by atoms with E-state index in [2.05, 4.69) is 25.8 Å². The van der Waals surface area contributed by atoms with Crippen LogP contribution in [-0.2, 0) is 6.42 Å². The third-order valence-corrected chi connectivity index (χ3v) is 5.61. The van der Waals surface area contributed by atoms with Gasteiger partial charge in [0.25, 0.3) is 0 Å². The molecular weight excluding hydrogens is 242 g/mol. The standard InChI is InChI=1S/C15H25NOS/c1-10-11(2)18-14(16-10)9-13(17)12-7-5-6-8-15(12,3)4/h12-13,17H,5-9H2,1-4H3. The zero-order valence-corrected chi connectivity index (χ0v) is 12.8. The Bertz CT molecular complexity index is 391. The Hall–Kier alpha value is -0.410. The second-order valence-corrected chi connectivity index (χ2v) is 7.65. The summed E-state index contributed by atoms with van der Waals surface area (Å²) in [5.74, 6) is 0.427. The van der Waals surface area contributed by atoms with Crippen LogP contribution in [0, 0.1) is 25.2 Å². The van der Waals surface area contributed by atoms with Crippen LogP contribution < -0.4 is 0 Å². The van der Waals surface area contributed by atoms with Gasteiger partial charge in [-0.3, -0.25) is 0 Å². The highest BCUT2D eigenvalue weighted by Gasteiger charge is 2.37. The molecule has 1 aliphatic carbocycles. The Morgan fingerprint density at radius 1 is 1.39 bits per heavy atom. The van der Waals surface area contributed by atoms with E-state index in [1.807, 2.05) is 6.92 Å². The Kier molecular flexibility index (Phi) is 4.12. The molecule has 0 saturated heterocycles. The van der Waals surface area contributed by atoms with Gasteiger partial charge in [-0.05, 0) is 38.0 Å². The lowest BCUT2D eigenvalue weighted by Crippen LogP contribution is -2.37. The van der Waals surface area contributed by atoms with Crippen molar-refractivity contribution >= 4 is 11.3 Å². The van der Waals surface area contributed by atoms with Gasteiger partial charge >= 0.3 is 0 Å². The van der Waals surface area contributed by atoms with Crippen LogP contribution in [0.5, 0.6) is 0 Å². The van der Waals surface area contributed by atoms with E-state index in [9.17, 15) is 5.11 Å². The van der Waals surface area contributed by atoms with Crippen LogP contribution in [0.1, 0.15) is 55.1 Å². The van der Waals surface area contributed by atoms with Crippen LogP contribution in [0.15, 0.2) is 0 Å². The van der Waals surface area contributed by atoms with E-state index in [0.29, 0.717) is 5.92 Å². The number of hydrogen-bond acceptors (Lipinski definition) is 3. The van der Waals surface area contributed by atoms with Crippen molar-refractivity contribution in [3.63, 3.8) is 0 Å². The van der Waals surface area contributed by atoms with E-state index >= 15 is 0 Å². The summed E-state index contributed by atoms with van der Waals surface area (Å²) in [6.07, 6.45) is 5.48. The number of hydrogen-bond donors (Lipinski definition) is 1. The predicted molar refractivity (Wildman–Crippen MR) is 77.0 cm³/mol. The number of thiazole rings is 1. The Balaban J connectivity index is 2.04. The molecule has 1 fully saturated rings. The van der Waals surface area contributed by atoms with Crippen molar-refractivity contribution in [2.24, 2.45) is 11.3 Å². The maximum absolute atomic E-state index is 10.5. The van der Waals surface area contributed by atoms with Gasteiger partial charge in [-0.25, -0.2) is 4.98 Å². The van der Waals surface area contributed by atoms with Crippen molar-refractivity contribution < 1.29 is 5.11 Å². The first-order valence-electron chi connectivity index (χ1n) is 7.01. The second kappa shape index (κ2) is 5.30. The van der Waals surface area contributed by atoms with Gasteiger partial charge in [0, 0.05) is 11.3 Å². The molecule has 1 aliphatic rings. The molecule has 1 heterocycles. The van der Waals surface area contributed by atoms with E-state index in [1.54, 1.807) is 11.3 Å². The van der Waals surface area contributed by atoms with Crippen LogP contribution in [-0.4, -0.2) is 16.2 Å². The number of aromatic nitrogens is 1. The van der Waals surface area contributed by atoms with Crippen LogP contribution >= 0.6 is 11.3 Å². The minimum atomic E-state index is -0.231. The smallest absolute Gasteiger partial charge is 0.0956 e. The summed E-state index contributed by atoms with van der Waals surface area (Å²) >= 11 is 1.74. The van der Waals surface area contributed by atoms with Gasteiger partial charge in [-0.2, -0.15) is 0 Å². The molecule has 2 nitrogen and oxygen atoms in total. The van der Waals surface area contributed by atoms with Gasteiger partial charge in [-0.1, -0.05) is 26.7 Å². The third-order valence-electron chi connectivity index (χ3n) is 4.51. The van der Waals surface area contributed by atoms with Crippen molar-refractivity contribution in [1.29, 1.82) is 0 Å². The second-order valence-electron chi connectivity index (χ2n) is 6.36. The molecule has 0 aliphatic heterocycles. The first-order chi connectivity index (χ1) is 8.40. The summed E-state index contributed by atoms with van der Waals surface area (Å²) in [5.41, 5.74) is 1.39. The van der Waals surface area contributed by atoms with Gasteiger partial charge in [0.2, 0.25) is 0 Å². The molecule has 0 amide bonds. The monoisotopic (exact) mass is 267 g/mol. The van der Waals surface area contributed by atoms with Gasteiger partial charge in [0.15, 0.2) is 0 Å². The number of nitrogens with zero attached hydrogens (tertiary/aromatic N) is 1. The predicted octanol–water partition coefficient (Wildman–Crippen LogP) is 3.88. The van der Waals surface area contributed by atoms with Gasteiger partial charge in [-0.15, -0.1) is 11.3 Å². The lowest BCUT2D eigenvalue weighted by molar-refractivity contribution is 0.00578. The summed E-state index contributed by atoms with van der Waals surface area (Å²) in [5, 5.41) is 11.6. The highest BCUT2D eigenvalue weighted by Crippen LogP contribution is 2.43. The molecular formula is C15H25NOS. The molecule has 2 atom stereocenters. The van der Waals surface area contributed by atoms with Gasteiger partial charge < -0.3 is 5.11 Å². The van der Waals surface area contributed by atoms with E-state index in [-0.39, 0.29) is 11.5 Å². The highest BCUT2D eigenvalue weighted by atomic mass is 32.1. The lowest BCUT2D eigenvalue weighted by Gasteiger charge is -2.41. The molecule has 102 valence electrons. The first kappa shape index (κ1) is 14.0. The molecule has 1 N–H and O–H groups in total. The fourth-order valence-corrected chi connectivity index (χ4v) is 4.17. The molecule has 0 bridgehead atoms. The third kappa shape index (κ3) is 2.94. The molecule has 18 heavy (non-hydrogen) atoms. The number of aliphatic hydroxyl groups excluding tert-OH is 1. The molecule has 1 saturated carbocycles. The largest absolute Gasteiger partial charge is 0.392 e. The van der Waals surface area contributed by atoms with Crippen molar-refractivity contribution in [2.45, 2.75) is 65.9 Å². The molecule has 3 heteroatoms. The Labute approximate surface area is 114 Å². The van der Waals surface area contributed by atoms with E-state index in [0.717, 1.165) is 23.5 Å². The minimum Gasteiger partial charge on any atom is -0.392 e. The lowest BCUT2D eigenvalue weighted by atomic mass is 9.66. The SMILES string of the molecule is Cc1nc(CC(O)C2CCCCC2(C)C)sc1C. The average Bonchev–Trinajstić information content (AvgIpc) is 2.57. The zero-order valence-electron chi connectivity index (χ0n) is 12.0. The van der Waals surface area contributed by atoms with Gasteiger partial charge in [0.1, 0.15) is 0 Å². The molecule has 0 aromatic carbocycles. The van der Waals surface area contributed by atoms with E-state index in [1.165, 1.54) is 24.1 Å². The maximum Gasteiger partial charge on any atom is 0.0956 e. The van der Waals surface area contributed by atoms with Crippen LogP contribution in [0.3, 0.4) is 0 Å². The van der Waals surface area contributed by atoms with Crippen molar-refractivity contribution in [1.82, 2.24) is 4.98 Å².